The van der Waals surface area contributed by atoms with Gasteiger partial charge in [0.15, 0.2) is 0 Å². The summed E-state index contributed by atoms with van der Waals surface area (Å²) in [7, 11) is 0. The fourth-order valence-electron chi connectivity index (χ4n) is 0.978. The lowest BCUT2D eigenvalue weighted by atomic mass is 10.1. The van der Waals surface area contributed by atoms with Crippen molar-refractivity contribution in [1.29, 1.82) is 0 Å². The molecule has 0 aliphatic carbocycles. The number of hydrogen-bond acceptors (Lipinski definition) is 2. The van der Waals surface area contributed by atoms with Crippen molar-refractivity contribution in [2.24, 2.45) is 0 Å². The second-order valence-corrected chi connectivity index (χ2v) is 3.21. The summed E-state index contributed by atoms with van der Waals surface area (Å²) >= 11 is 1.65. The van der Waals surface area contributed by atoms with E-state index in [4.69, 9.17) is 0 Å². The fourth-order valence-corrected chi connectivity index (χ4v) is 1.29. The van der Waals surface area contributed by atoms with Crippen LogP contribution < -0.4 is 4.72 Å². The van der Waals surface area contributed by atoms with Gasteiger partial charge in [-0.25, -0.2) is 0 Å². The molecule has 1 aromatic carbocycles. The lowest BCUT2D eigenvalue weighted by Gasteiger charge is -2.01. The number of benzene rings is 1. The van der Waals surface area contributed by atoms with E-state index in [0.29, 0.717) is 0 Å². The third-order valence-corrected chi connectivity index (χ3v) is 1.94. The van der Waals surface area contributed by atoms with Crippen molar-refractivity contribution in [3.63, 3.8) is 0 Å². The van der Waals surface area contributed by atoms with E-state index in [1.807, 2.05) is 6.26 Å². The van der Waals surface area contributed by atoms with Gasteiger partial charge in [0.2, 0.25) is 0 Å². The molecule has 0 aliphatic rings. The molecule has 0 spiro atoms. The normalized spacial score (nSPS) is 10.0. The third kappa shape index (κ3) is 2.95. The zero-order chi connectivity index (χ0) is 8.10. The summed E-state index contributed by atoms with van der Waals surface area (Å²) in [5.74, 6) is 0. The van der Waals surface area contributed by atoms with Crippen molar-refractivity contribution in [2.75, 3.05) is 6.26 Å². The molecule has 0 aliphatic heterocycles. The summed E-state index contributed by atoms with van der Waals surface area (Å²) in [5.41, 5.74) is 2.67. The molecule has 0 fully saturated rings. The molecule has 0 heterocycles. The standard InChI is InChI=1S/C9H13NS/c1-8-4-3-5-9(6-8)7-10-11-2/h3-6,10H,7H2,1-2H3. The van der Waals surface area contributed by atoms with E-state index in [1.54, 1.807) is 11.9 Å². The molecule has 0 saturated carbocycles. The smallest absolute Gasteiger partial charge is 0.0309 e. The zero-order valence-electron chi connectivity index (χ0n) is 6.92. The molecular weight excluding hydrogens is 154 g/mol. The zero-order valence-corrected chi connectivity index (χ0v) is 7.74. The first-order valence-electron chi connectivity index (χ1n) is 3.64. The Labute approximate surface area is 72.3 Å². The van der Waals surface area contributed by atoms with Crippen LogP contribution >= 0.6 is 11.9 Å². The molecule has 1 aromatic rings. The largest absolute Gasteiger partial charge is 0.260 e. The number of nitrogens with one attached hydrogen (secondary N) is 1. The first-order chi connectivity index (χ1) is 5.33. The molecule has 0 bridgehead atoms. The Kier molecular flexibility index (Phi) is 3.46. The van der Waals surface area contributed by atoms with Gasteiger partial charge < -0.3 is 0 Å². The predicted molar refractivity (Wildman–Crippen MR) is 51.5 cm³/mol. The van der Waals surface area contributed by atoms with Gasteiger partial charge in [-0.15, -0.1) is 0 Å². The molecule has 1 rings (SSSR count). The third-order valence-electron chi connectivity index (χ3n) is 1.50. The molecule has 0 unspecified atom stereocenters. The monoisotopic (exact) mass is 167 g/mol. The summed E-state index contributed by atoms with van der Waals surface area (Å²) in [6, 6.07) is 8.54. The maximum Gasteiger partial charge on any atom is 0.0309 e. The molecule has 11 heavy (non-hydrogen) atoms. The van der Waals surface area contributed by atoms with Gasteiger partial charge in [-0.3, -0.25) is 4.72 Å². The van der Waals surface area contributed by atoms with E-state index >= 15 is 0 Å². The quantitative estimate of drug-likeness (QED) is 0.694. The van der Waals surface area contributed by atoms with Crippen molar-refractivity contribution in [2.45, 2.75) is 13.5 Å². The SMILES string of the molecule is CSNCc1cccc(C)c1. The highest BCUT2D eigenvalue weighted by molar-refractivity contribution is 7.96. The summed E-state index contributed by atoms with van der Waals surface area (Å²) < 4.78 is 3.21. The van der Waals surface area contributed by atoms with Crippen LogP contribution in [0.15, 0.2) is 24.3 Å². The van der Waals surface area contributed by atoms with Crippen LogP contribution in [0.25, 0.3) is 0 Å². The lowest BCUT2D eigenvalue weighted by Crippen LogP contribution is -2.01. The Morgan fingerprint density at radius 3 is 2.91 bits per heavy atom. The molecule has 1 N–H and O–H groups in total. The van der Waals surface area contributed by atoms with Crippen LogP contribution in [-0.4, -0.2) is 6.26 Å². The Morgan fingerprint density at radius 2 is 2.27 bits per heavy atom. The highest BCUT2D eigenvalue weighted by Crippen LogP contribution is 2.03. The second-order valence-electron chi connectivity index (χ2n) is 2.51. The van der Waals surface area contributed by atoms with Gasteiger partial charge >= 0.3 is 0 Å². The van der Waals surface area contributed by atoms with E-state index in [9.17, 15) is 0 Å². The van der Waals surface area contributed by atoms with Gasteiger partial charge in [0, 0.05) is 6.54 Å². The van der Waals surface area contributed by atoms with Crippen LogP contribution in [0.3, 0.4) is 0 Å². The average Bonchev–Trinajstić information content (AvgIpc) is 2.01. The van der Waals surface area contributed by atoms with Crippen LogP contribution in [0.2, 0.25) is 0 Å². The Morgan fingerprint density at radius 1 is 1.45 bits per heavy atom. The molecule has 0 saturated heterocycles. The highest BCUT2D eigenvalue weighted by Gasteiger charge is 1.90. The van der Waals surface area contributed by atoms with Crippen LogP contribution in [0.5, 0.6) is 0 Å². The molecular formula is C9H13NS. The summed E-state index contributed by atoms with van der Waals surface area (Å²) in [6.07, 6.45) is 2.04. The van der Waals surface area contributed by atoms with E-state index in [1.165, 1.54) is 11.1 Å². The Balaban J connectivity index is 2.56. The van der Waals surface area contributed by atoms with Gasteiger partial charge in [0.25, 0.3) is 0 Å². The number of hydrogen-bond donors (Lipinski definition) is 1. The number of aryl methyl sites for hydroxylation is 1. The second kappa shape index (κ2) is 4.42. The fraction of sp³-hybridized carbons (Fsp3) is 0.333. The predicted octanol–water partition coefficient (Wildman–Crippen LogP) is 2.36. The van der Waals surface area contributed by atoms with E-state index in [2.05, 4.69) is 35.9 Å². The van der Waals surface area contributed by atoms with Crippen molar-refractivity contribution in [1.82, 2.24) is 4.72 Å². The molecule has 0 atom stereocenters. The number of rotatable bonds is 3. The van der Waals surface area contributed by atoms with Gasteiger partial charge in [-0.2, -0.15) is 0 Å². The Hall–Kier alpha value is -0.470. The summed E-state index contributed by atoms with van der Waals surface area (Å²) in [5, 5.41) is 0. The topological polar surface area (TPSA) is 12.0 Å². The highest BCUT2D eigenvalue weighted by atomic mass is 32.2. The van der Waals surface area contributed by atoms with E-state index < -0.39 is 0 Å². The minimum atomic E-state index is 0.947. The first kappa shape index (κ1) is 8.62. The van der Waals surface area contributed by atoms with Crippen molar-refractivity contribution >= 4 is 11.9 Å². The minimum absolute atomic E-state index is 0.947. The van der Waals surface area contributed by atoms with Gasteiger partial charge in [-0.05, 0) is 18.7 Å². The van der Waals surface area contributed by atoms with E-state index in [0.717, 1.165) is 6.54 Å². The molecule has 60 valence electrons. The Bertz CT molecular complexity index is 223. The first-order valence-corrected chi connectivity index (χ1v) is 4.87. The minimum Gasteiger partial charge on any atom is -0.260 e. The molecule has 0 aromatic heterocycles. The lowest BCUT2D eigenvalue weighted by molar-refractivity contribution is 0.977. The molecule has 0 radical (unpaired) electrons. The van der Waals surface area contributed by atoms with Crippen LogP contribution in [0, 0.1) is 6.92 Å². The maximum absolute atomic E-state index is 3.21. The van der Waals surface area contributed by atoms with Crippen molar-refractivity contribution in [3.05, 3.63) is 35.4 Å². The van der Waals surface area contributed by atoms with Crippen LogP contribution in [-0.2, 0) is 6.54 Å². The molecule has 1 nitrogen and oxygen atoms in total. The molecule has 0 amide bonds. The van der Waals surface area contributed by atoms with Gasteiger partial charge in [0.1, 0.15) is 0 Å². The molecule has 2 heteroatoms. The summed E-state index contributed by atoms with van der Waals surface area (Å²) in [4.78, 5) is 0. The van der Waals surface area contributed by atoms with Gasteiger partial charge in [0.05, 0.1) is 0 Å². The van der Waals surface area contributed by atoms with Crippen molar-refractivity contribution in [3.8, 4) is 0 Å². The summed E-state index contributed by atoms with van der Waals surface area (Å²) in [6.45, 7) is 3.06. The average molecular weight is 167 g/mol. The van der Waals surface area contributed by atoms with Crippen LogP contribution in [0.4, 0.5) is 0 Å². The van der Waals surface area contributed by atoms with Gasteiger partial charge in [-0.1, -0.05) is 41.8 Å². The van der Waals surface area contributed by atoms with Crippen LogP contribution in [0.1, 0.15) is 11.1 Å². The maximum atomic E-state index is 3.21. The van der Waals surface area contributed by atoms with Crippen molar-refractivity contribution < 1.29 is 0 Å². The van der Waals surface area contributed by atoms with E-state index in [-0.39, 0.29) is 0 Å².